The molecule has 74 valence electrons. The predicted molar refractivity (Wildman–Crippen MR) is 43.6 cm³/mol. The van der Waals surface area contributed by atoms with Crippen molar-refractivity contribution in [2.24, 2.45) is 5.92 Å². The third-order valence-corrected chi connectivity index (χ3v) is 2.72. The molecule has 0 spiro atoms. The van der Waals surface area contributed by atoms with Gasteiger partial charge in [-0.1, -0.05) is 36.4 Å². The number of hydrogen-bond donors (Lipinski definition) is 0. The van der Waals surface area contributed by atoms with Crippen LogP contribution in [0.2, 0.25) is 0 Å². The molecule has 0 N–H and O–H groups in total. The Morgan fingerprint density at radius 1 is 1.00 bits per heavy atom. The summed E-state index contributed by atoms with van der Waals surface area (Å²) in [6.45, 7) is 2.22. The zero-order chi connectivity index (χ0) is 10.2. The minimum Gasteiger partial charge on any atom is -0.196 e. The molecule has 0 saturated heterocycles. The normalized spacial score (nSPS) is 19.0. The van der Waals surface area contributed by atoms with Gasteiger partial charge in [0.1, 0.15) is 0 Å². The Hall–Kier alpha value is 0.380. The topological polar surface area (TPSA) is 0 Å². The van der Waals surface area contributed by atoms with Crippen molar-refractivity contribution in [2.45, 2.75) is 29.9 Å². The van der Waals surface area contributed by atoms with Gasteiger partial charge in [0.2, 0.25) is 0 Å². The lowest BCUT2D eigenvalue weighted by atomic mass is 10.0. The Morgan fingerprint density at radius 3 is 1.42 bits per heavy atom. The molecule has 0 nitrogen and oxygen atoms in total. The second kappa shape index (κ2) is 3.63. The van der Waals surface area contributed by atoms with Gasteiger partial charge in [0.25, 0.3) is 0 Å². The SMILES string of the molecule is CC(I)C(C)C(F)(F)C(F)(F)F. The molecule has 0 aliphatic heterocycles. The molecule has 0 saturated carbocycles. The Balaban J connectivity index is 4.61. The molecule has 0 amide bonds. The summed E-state index contributed by atoms with van der Waals surface area (Å²) in [5.41, 5.74) is 0. The first-order valence-electron chi connectivity index (χ1n) is 3.19. The minimum absolute atomic E-state index is 0.723. The third kappa shape index (κ3) is 2.43. The van der Waals surface area contributed by atoms with Gasteiger partial charge in [-0.25, -0.2) is 0 Å². The molecule has 6 heteroatoms. The molecule has 0 heterocycles. The smallest absolute Gasteiger partial charge is 0.196 e. The first kappa shape index (κ1) is 12.4. The van der Waals surface area contributed by atoms with Crippen molar-refractivity contribution in [3.05, 3.63) is 0 Å². The van der Waals surface area contributed by atoms with E-state index in [1.54, 1.807) is 22.6 Å². The second-order valence-corrected chi connectivity index (χ2v) is 4.55. The van der Waals surface area contributed by atoms with Gasteiger partial charge in [0.05, 0.1) is 0 Å². The first-order chi connectivity index (χ1) is 5.10. The zero-order valence-electron chi connectivity index (χ0n) is 6.42. The fourth-order valence-electron chi connectivity index (χ4n) is 0.547. The summed E-state index contributed by atoms with van der Waals surface area (Å²) >= 11 is 1.55. The van der Waals surface area contributed by atoms with Crippen molar-refractivity contribution in [3.8, 4) is 0 Å². The van der Waals surface area contributed by atoms with Gasteiger partial charge in [-0.05, 0) is 0 Å². The Morgan fingerprint density at radius 2 is 1.33 bits per heavy atom. The van der Waals surface area contributed by atoms with Crippen molar-refractivity contribution < 1.29 is 22.0 Å². The van der Waals surface area contributed by atoms with E-state index in [1.807, 2.05) is 0 Å². The van der Waals surface area contributed by atoms with Crippen LogP contribution in [-0.2, 0) is 0 Å². The summed E-state index contributed by atoms with van der Waals surface area (Å²) in [5, 5.41) is 0. The second-order valence-electron chi connectivity index (χ2n) is 2.59. The standard InChI is InChI=1S/C6H8F5I/c1-3(4(2)12)5(7,8)6(9,10)11/h3-4H,1-2H3. The van der Waals surface area contributed by atoms with Gasteiger partial charge in [0.15, 0.2) is 0 Å². The highest BCUT2D eigenvalue weighted by atomic mass is 127. The highest BCUT2D eigenvalue weighted by Gasteiger charge is 2.61. The maximum absolute atomic E-state index is 12.4. The summed E-state index contributed by atoms with van der Waals surface area (Å²) in [7, 11) is 0. The van der Waals surface area contributed by atoms with Gasteiger partial charge in [0, 0.05) is 9.84 Å². The molecular weight excluding hydrogens is 294 g/mol. The van der Waals surface area contributed by atoms with Crippen molar-refractivity contribution in [3.63, 3.8) is 0 Å². The summed E-state index contributed by atoms with van der Waals surface area (Å²) in [6.07, 6.45) is -5.44. The first-order valence-corrected chi connectivity index (χ1v) is 4.44. The molecule has 0 bridgehead atoms. The van der Waals surface area contributed by atoms with Crippen LogP contribution in [0.3, 0.4) is 0 Å². The molecule has 12 heavy (non-hydrogen) atoms. The minimum atomic E-state index is -5.44. The van der Waals surface area contributed by atoms with E-state index in [0.717, 1.165) is 6.92 Å². The predicted octanol–water partition coefficient (Wildman–Crippen LogP) is 3.64. The van der Waals surface area contributed by atoms with Crippen molar-refractivity contribution in [1.82, 2.24) is 0 Å². The summed E-state index contributed by atoms with van der Waals surface area (Å²) in [4.78, 5) is 0. The zero-order valence-corrected chi connectivity index (χ0v) is 8.58. The molecule has 0 aromatic rings. The summed E-state index contributed by atoms with van der Waals surface area (Å²) < 4.78 is 59.2. The lowest BCUT2D eigenvalue weighted by molar-refractivity contribution is -0.299. The highest BCUT2D eigenvalue weighted by molar-refractivity contribution is 14.1. The molecule has 0 fully saturated rings. The van der Waals surface area contributed by atoms with Gasteiger partial charge >= 0.3 is 12.1 Å². The maximum Gasteiger partial charge on any atom is 0.453 e. The number of rotatable bonds is 2. The fraction of sp³-hybridized carbons (Fsp3) is 1.00. The van der Waals surface area contributed by atoms with Crippen molar-refractivity contribution >= 4 is 22.6 Å². The molecule has 0 aliphatic rings. The van der Waals surface area contributed by atoms with E-state index in [-0.39, 0.29) is 0 Å². The van der Waals surface area contributed by atoms with Crippen LogP contribution in [0.15, 0.2) is 0 Å². The van der Waals surface area contributed by atoms with Crippen LogP contribution in [0.25, 0.3) is 0 Å². The van der Waals surface area contributed by atoms with Crippen LogP contribution < -0.4 is 0 Å². The molecule has 0 rings (SSSR count). The largest absolute Gasteiger partial charge is 0.453 e. The summed E-state index contributed by atoms with van der Waals surface area (Å²) in [6, 6.07) is 0. The van der Waals surface area contributed by atoms with E-state index < -0.39 is 21.9 Å². The highest BCUT2D eigenvalue weighted by Crippen LogP contribution is 2.43. The quantitative estimate of drug-likeness (QED) is 0.415. The molecule has 0 aromatic carbocycles. The number of halogens is 6. The Kier molecular flexibility index (Phi) is 3.74. The molecular formula is C6H8F5I. The van der Waals surface area contributed by atoms with E-state index in [9.17, 15) is 22.0 Å². The number of alkyl halides is 6. The molecule has 2 unspecified atom stereocenters. The van der Waals surface area contributed by atoms with Crippen LogP contribution in [-0.4, -0.2) is 16.0 Å². The Labute approximate surface area is 80.7 Å². The average molecular weight is 302 g/mol. The average Bonchev–Trinajstić information content (AvgIpc) is 1.83. The van der Waals surface area contributed by atoms with E-state index in [2.05, 4.69) is 0 Å². The van der Waals surface area contributed by atoms with E-state index >= 15 is 0 Å². The van der Waals surface area contributed by atoms with Gasteiger partial charge < -0.3 is 0 Å². The van der Waals surface area contributed by atoms with E-state index in [1.165, 1.54) is 6.92 Å². The van der Waals surface area contributed by atoms with Gasteiger partial charge in [-0.2, -0.15) is 22.0 Å². The van der Waals surface area contributed by atoms with Crippen LogP contribution in [0.5, 0.6) is 0 Å². The van der Waals surface area contributed by atoms with Crippen molar-refractivity contribution in [2.75, 3.05) is 0 Å². The lowest BCUT2D eigenvalue weighted by Crippen LogP contribution is -2.44. The van der Waals surface area contributed by atoms with E-state index in [4.69, 9.17) is 0 Å². The number of hydrogen-bond acceptors (Lipinski definition) is 0. The lowest BCUT2D eigenvalue weighted by Gasteiger charge is -2.27. The van der Waals surface area contributed by atoms with Crippen LogP contribution in [0.4, 0.5) is 22.0 Å². The van der Waals surface area contributed by atoms with Crippen LogP contribution in [0, 0.1) is 5.92 Å². The van der Waals surface area contributed by atoms with E-state index in [0.29, 0.717) is 0 Å². The maximum atomic E-state index is 12.4. The van der Waals surface area contributed by atoms with Crippen LogP contribution >= 0.6 is 22.6 Å². The van der Waals surface area contributed by atoms with Crippen LogP contribution in [0.1, 0.15) is 13.8 Å². The molecule has 0 aliphatic carbocycles. The Bertz CT molecular complexity index is 151. The molecule has 0 aromatic heterocycles. The third-order valence-electron chi connectivity index (χ3n) is 1.64. The van der Waals surface area contributed by atoms with Crippen molar-refractivity contribution in [1.29, 1.82) is 0 Å². The van der Waals surface area contributed by atoms with Gasteiger partial charge in [-0.3, -0.25) is 0 Å². The monoisotopic (exact) mass is 302 g/mol. The fourth-order valence-corrected chi connectivity index (χ4v) is 0.998. The molecule has 2 atom stereocenters. The summed E-state index contributed by atoms with van der Waals surface area (Å²) in [5.74, 6) is -6.29. The van der Waals surface area contributed by atoms with Gasteiger partial charge in [-0.15, -0.1) is 0 Å². The molecule has 0 radical (unpaired) electrons.